The first-order chi connectivity index (χ1) is 8.22. The third kappa shape index (κ3) is 2.99. The molecule has 2 heterocycles. The molecule has 2 saturated heterocycles. The van der Waals surface area contributed by atoms with Gasteiger partial charge in [-0.2, -0.15) is 0 Å². The SMILES string of the molecule is CNCC1CCCCN1C(=O)C1COC(C)C1. The molecule has 2 aliphatic heterocycles. The van der Waals surface area contributed by atoms with Gasteiger partial charge < -0.3 is 15.0 Å². The first-order valence-electron chi connectivity index (χ1n) is 6.79. The summed E-state index contributed by atoms with van der Waals surface area (Å²) in [4.78, 5) is 14.5. The molecule has 0 aromatic heterocycles. The van der Waals surface area contributed by atoms with Crippen LogP contribution in [-0.4, -0.2) is 49.7 Å². The Hall–Kier alpha value is -0.610. The highest BCUT2D eigenvalue weighted by atomic mass is 16.5. The first-order valence-corrected chi connectivity index (χ1v) is 6.79. The third-order valence-electron chi connectivity index (χ3n) is 3.90. The number of carbonyl (C=O) groups is 1. The Bertz CT molecular complexity index is 268. The van der Waals surface area contributed by atoms with Crippen LogP contribution in [0.25, 0.3) is 0 Å². The summed E-state index contributed by atoms with van der Waals surface area (Å²) in [6.07, 6.45) is 4.66. The summed E-state index contributed by atoms with van der Waals surface area (Å²) in [6.45, 7) is 4.50. The minimum absolute atomic E-state index is 0.0995. The van der Waals surface area contributed by atoms with Crippen LogP contribution in [0.3, 0.4) is 0 Å². The van der Waals surface area contributed by atoms with Crippen LogP contribution < -0.4 is 5.32 Å². The van der Waals surface area contributed by atoms with Crippen LogP contribution in [0.5, 0.6) is 0 Å². The summed E-state index contributed by atoms with van der Waals surface area (Å²) in [7, 11) is 1.96. The molecule has 2 aliphatic rings. The lowest BCUT2D eigenvalue weighted by Gasteiger charge is -2.37. The quantitative estimate of drug-likeness (QED) is 0.800. The van der Waals surface area contributed by atoms with Crippen LogP contribution in [0.1, 0.15) is 32.6 Å². The zero-order valence-corrected chi connectivity index (χ0v) is 10.9. The first kappa shape index (κ1) is 12.8. The molecule has 17 heavy (non-hydrogen) atoms. The molecule has 98 valence electrons. The molecule has 0 aromatic carbocycles. The van der Waals surface area contributed by atoms with Crippen molar-refractivity contribution < 1.29 is 9.53 Å². The molecule has 2 rings (SSSR count). The van der Waals surface area contributed by atoms with Crippen molar-refractivity contribution in [3.8, 4) is 0 Å². The zero-order chi connectivity index (χ0) is 12.3. The number of piperidine rings is 1. The van der Waals surface area contributed by atoms with E-state index in [1.54, 1.807) is 0 Å². The van der Waals surface area contributed by atoms with Gasteiger partial charge in [0.15, 0.2) is 0 Å². The highest BCUT2D eigenvalue weighted by Gasteiger charge is 2.35. The van der Waals surface area contributed by atoms with Crippen LogP contribution in [0.2, 0.25) is 0 Å². The summed E-state index contributed by atoms with van der Waals surface area (Å²) < 4.78 is 5.51. The molecule has 4 heteroatoms. The van der Waals surface area contributed by atoms with Crippen molar-refractivity contribution in [3.63, 3.8) is 0 Å². The van der Waals surface area contributed by atoms with Crippen LogP contribution in [0.4, 0.5) is 0 Å². The van der Waals surface area contributed by atoms with Gasteiger partial charge in [-0.1, -0.05) is 0 Å². The van der Waals surface area contributed by atoms with Gasteiger partial charge in [-0.15, -0.1) is 0 Å². The number of amides is 1. The van der Waals surface area contributed by atoms with E-state index in [1.165, 1.54) is 6.42 Å². The number of nitrogens with zero attached hydrogens (tertiary/aromatic N) is 1. The van der Waals surface area contributed by atoms with E-state index in [0.29, 0.717) is 18.6 Å². The normalized spacial score (nSPS) is 34.0. The molecule has 0 aromatic rings. The largest absolute Gasteiger partial charge is 0.378 e. The highest BCUT2D eigenvalue weighted by Crippen LogP contribution is 2.25. The number of ether oxygens (including phenoxy) is 1. The van der Waals surface area contributed by atoms with Gasteiger partial charge in [-0.25, -0.2) is 0 Å². The molecular formula is C13H24N2O2. The zero-order valence-electron chi connectivity index (χ0n) is 10.9. The Labute approximate surface area is 104 Å². The number of carbonyl (C=O) groups excluding carboxylic acids is 1. The van der Waals surface area contributed by atoms with Crippen molar-refractivity contribution >= 4 is 5.91 Å². The van der Waals surface area contributed by atoms with Crippen molar-refractivity contribution in [2.24, 2.45) is 5.92 Å². The number of nitrogens with one attached hydrogen (secondary N) is 1. The molecule has 0 bridgehead atoms. The lowest BCUT2D eigenvalue weighted by molar-refractivity contribution is -0.139. The molecule has 0 spiro atoms. The molecule has 4 nitrogen and oxygen atoms in total. The predicted octanol–water partition coefficient (Wildman–Crippen LogP) is 1.01. The van der Waals surface area contributed by atoms with Crippen molar-refractivity contribution in [2.75, 3.05) is 26.7 Å². The van der Waals surface area contributed by atoms with Crippen LogP contribution in [-0.2, 0) is 9.53 Å². The topological polar surface area (TPSA) is 41.6 Å². The van der Waals surface area contributed by atoms with Gasteiger partial charge in [-0.3, -0.25) is 4.79 Å². The van der Waals surface area contributed by atoms with Gasteiger partial charge in [-0.05, 0) is 39.7 Å². The summed E-state index contributed by atoms with van der Waals surface area (Å²) >= 11 is 0. The van der Waals surface area contributed by atoms with Crippen molar-refractivity contribution in [3.05, 3.63) is 0 Å². The Kier molecular flexibility index (Phi) is 4.40. The van der Waals surface area contributed by atoms with Gasteiger partial charge in [0.25, 0.3) is 0 Å². The van der Waals surface area contributed by atoms with Crippen molar-refractivity contribution in [1.29, 1.82) is 0 Å². The second kappa shape index (κ2) is 5.83. The Balaban J connectivity index is 1.95. The maximum Gasteiger partial charge on any atom is 0.228 e. The molecule has 0 aliphatic carbocycles. The molecule has 2 fully saturated rings. The molecule has 0 saturated carbocycles. The summed E-state index contributed by atoms with van der Waals surface area (Å²) in [5.74, 6) is 0.414. The smallest absolute Gasteiger partial charge is 0.228 e. The molecular weight excluding hydrogens is 216 g/mol. The summed E-state index contributed by atoms with van der Waals surface area (Å²) in [6, 6.07) is 0.386. The van der Waals surface area contributed by atoms with E-state index in [2.05, 4.69) is 17.1 Å². The van der Waals surface area contributed by atoms with Gasteiger partial charge in [0.2, 0.25) is 5.91 Å². The number of likely N-dealkylation sites (N-methyl/N-ethyl adjacent to an activating group) is 1. The summed E-state index contributed by atoms with van der Waals surface area (Å²) in [5.41, 5.74) is 0. The second-order valence-corrected chi connectivity index (χ2v) is 5.32. The highest BCUT2D eigenvalue weighted by molar-refractivity contribution is 5.79. The molecule has 3 atom stereocenters. The second-order valence-electron chi connectivity index (χ2n) is 5.32. The fourth-order valence-corrected chi connectivity index (χ4v) is 2.96. The van der Waals surface area contributed by atoms with E-state index in [9.17, 15) is 4.79 Å². The van der Waals surface area contributed by atoms with E-state index in [0.717, 1.165) is 32.4 Å². The molecule has 1 N–H and O–H groups in total. The van der Waals surface area contributed by atoms with Gasteiger partial charge in [0.1, 0.15) is 0 Å². The Morgan fingerprint density at radius 3 is 2.94 bits per heavy atom. The van der Waals surface area contributed by atoms with Gasteiger partial charge >= 0.3 is 0 Å². The van der Waals surface area contributed by atoms with E-state index < -0.39 is 0 Å². The number of hydrogen-bond acceptors (Lipinski definition) is 3. The van der Waals surface area contributed by atoms with Gasteiger partial charge in [0.05, 0.1) is 18.6 Å². The van der Waals surface area contributed by atoms with E-state index >= 15 is 0 Å². The minimum Gasteiger partial charge on any atom is -0.378 e. The fraction of sp³-hybridized carbons (Fsp3) is 0.923. The molecule has 3 unspecified atom stereocenters. The van der Waals surface area contributed by atoms with Crippen LogP contribution in [0.15, 0.2) is 0 Å². The number of rotatable bonds is 3. The van der Waals surface area contributed by atoms with Gasteiger partial charge in [0, 0.05) is 19.1 Å². The van der Waals surface area contributed by atoms with Crippen LogP contribution >= 0.6 is 0 Å². The standard InChI is InChI=1S/C13H24N2O2/c1-10-7-11(9-17-10)13(16)15-6-4-3-5-12(15)8-14-2/h10-12,14H,3-9H2,1-2H3. The van der Waals surface area contributed by atoms with E-state index in [4.69, 9.17) is 4.74 Å². The van der Waals surface area contributed by atoms with E-state index in [1.807, 2.05) is 7.05 Å². The lowest BCUT2D eigenvalue weighted by atomic mass is 9.97. The van der Waals surface area contributed by atoms with Crippen molar-refractivity contribution in [1.82, 2.24) is 10.2 Å². The summed E-state index contributed by atoms with van der Waals surface area (Å²) in [5, 5.41) is 3.20. The monoisotopic (exact) mass is 240 g/mol. The average molecular weight is 240 g/mol. The molecule has 1 amide bonds. The van der Waals surface area contributed by atoms with E-state index in [-0.39, 0.29) is 12.0 Å². The number of hydrogen-bond donors (Lipinski definition) is 1. The Morgan fingerprint density at radius 1 is 1.47 bits per heavy atom. The molecule has 0 radical (unpaired) electrons. The Morgan fingerprint density at radius 2 is 2.29 bits per heavy atom. The lowest BCUT2D eigenvalue weighted by Crippen LogP contribution is -2.50. The minimum atomic E-state index is 0.0995. The predicted molar refractivity (Wildman–Crippen MR) is 66.8 cm³/mol. The van der Waals surface area contributed by atoms with Crippen molar-refractivity contribution in [2.45, 2.75) is 44.8 Å². The average Bonchev–Trinajstić information content (AvgIpc) is 2.76. The third-order valence-corrected chi connectivity index (χ3v) is 3.90. The maximum absolute atomic E-state index is 12.4. The fourth-order valence-electron chi connectivity index (χ4n) is 2.96. The van der Waals surface area contributed by atoms with Crippen LogP contribution in [0, 0.1) is 5.92 Å². The number of likely N-dealkylation sites (tertiary alicyclic amines) is 1. The maximum atomic E-state index is 12.4.